The Balaban J connectivity index is 1.88. The predicted octanol–water partition coefficient (Wildman–Crippen LogP) is 5.11. The first-order valence-corrected chi connectivity index (χ1v) is 9.10. The maximum Gasteiger partial charge on any atom is 0.293 e. The molecule has 7 heteroatoms. The van der Waals surface area contributed by atoms with Crippen LogP contribution in [0.25, 0.3) is 6.08 Å². The normalized spacial score (nSPS) is 15.8. The number of rotatable bonds is 5. The van der Waals surface area contributed by atoms with E-state index in [-0.39, 0.29) is 22.0 Å². The Bertz CT molecular complexity index is 880. The number of halogens is 2. The average molecular weight is 392 g/mol. The van der Waals surface area contributed by atoms with Crippen molar-refractivity contribution < 1.29 is 18.7 Å². The van der Waals surface area contributed by atoms with Gasteiger partial charge in [-0.2, -0.15) is 0 Å². The number of amides is 2. The molecule has 1 aliphatic heterocycles. The molecule has 26 heavy (non-hydrogen) atoms. The Morgan fingerprint density at radius 3 is 2.69 bits per heavy atom. The molecule has 0 aliphatic carbocycles. The van der Waals surface area contributed by atoms with Crippen LogP contribution in [0.5, 0.6) is 5.75 Å². The fraction of sp³-hybridized carbons (Fsp3) is 0.158. The molecule has 2 aromatic rings. The van der Waals surface area contributed by atoms with E-state index in [1.54, 1.807) is 18.2 Å². The van der Waals surface area contributed by atoms with Gasteiger partial charge < -0.3 is 4.74 Å². The summed E-state index contributed by atoms with van der Waals surface area (Å²) < 4.78 is 19.5. The minimum atomic E-state index is -0.553. The van der Waals surface area contributed by atoms with Crippen molar-refractivity contribution in [3.8, 4) is 5.75 Å². The lowest BCUT2D eigenvalue weighted by molar-refractivity contribution is -0.123. The number of carbonyl (C=O) groups is 2. The van der Waals surface area contributed by atoms with Crippen LogP contribution in [0.2, 0.25) is 5.02 Å². The second-order valence-electron chi connectivity index (χ2n) is 5.44. The number of thioether (sulfide) groups is 1. The molecule has 0 spiro atoms. The van der Waals surface area contributed by atoms with E-state index in [1.807, 2.05) is 19.1 Å². The molecular weight excluding hydrogens is 377 g/mol. The van der Waals surface area contributed by atoms with Crippen LogP contribution >= 0.6 is 23.4 Å². The highest BCUT2D eigenvalue weighted by atomic mass is 35.5. The van der Waals surface area contributed by atoms with Crippen LogP contribution in [-0.2, 0) is 11.3 Å². The van der Waals surface area contributed by atoms with E-state index in [2.05, 4.69) is 0 Å². The molecule has 0 bridgehead atoms. The van der Waals surface area contributed by atoms with Crippen LogP contribution < -0.4 is 4.74 Å². The third-order valence-electron chi connectivity index (χ3n) is 3.76. The van der Waals surface area contributed by atoms with E-state index in [9.17, 15) is 14.0 Å². The van der Waals surface area contributed by atoms with Crippen LogP contribution in [0, 0.1) is 5.82 Å². The van der Waals surface area contributed by atoms with Crippen molar-refractivity contribution >= 4 is 40.6 Å². The Hall–Kier alpha value is -2.31. The minimum Gasteiger partial charge on any atom is -0.493 e. The number of hydrogen-bond acceptors (Lipinski definition) is 4. The van der Waals surface area contributed by atoms with Crippen molar-refractivity contribution in [1.82, 2.24) is 4.90 Å². The standard InChI is InChI=1S/C19H15ClFNO3S/c1-2-25-16-9-4-3-6-12(16)10-17-18(23)22(19(24)26-17)11-13-14(20)7-5-8-15(13)21/h3-10H,2,11H2,1H3/b17-10-. The molecule has 0 saturated carbocycles. The van der Waals surface area contributed by atoms with E-state index in [0.29, 0.717) is 17.9 Å². The number of carbonyl (C=O) groups excluding carboxylic acids is 2. The summed E-state index contributed by atoms with van der Waals surface area (Å²) in [5.41, 5.74) is 0.816. The quantitative estimate of drug-likeness (QED) is 0.664. The maximum atomic E-state index is 14.0. The lowest BCUT2D eigenvalue weighted by atomic mass is 10.1. The summed E-state index contributed by atoms with van der Waals surface area (Å²) in [6.07, 6.45) is 1.61. The topological polar surface area (TPSA) is 46.6 Å². The fourth-order valence-electron chi connectivity index (χ4n) is 2.51. The summed E-state index contributed by atoms with van der Waals surface area (Å²) in [5.74, 6) is -0.410. The smallest absolute Gasteiger partial charge is 0.293 e. The summed E-state index contributed by atoms with van der Waals surface area (Å²) in [5, 5.41) is -0.288. The summed E-state index contributed by atoms with van der Waals surface area (Å²) in [7, 11) is 0. The molecule has 1 saturated heterocycles. The molecule has 4 nitrogen and oxygen atoms in total. The summed E-state index contributed by atoms with van der Waals surface area (Å²) >= 11 is 6.81. The number of ether oxygens (including phenoxy) is 1. The van der Waals surface area contributed by atoms with Crippen molar-refractivity contribution in [3.05, 3.63) is 69.3 Å². The summed E-state index contributed by atoms with van der Waals surface area (Å²) in [6, 6.07) is 11.5. The first kappa shape index (κ1) is 18.5. The highest BCUT2D eigenvalue weighted by Gasteiger charge is 2.36. The molecule has 2 aromatic carbocycles. The second-order valence-corrected chi connectivity index (χ2v) is 6.84. The van der Waals surface area contributed by atoms with E-state index in [0.717, 1.165) is 16.7 Å². The van der Waals surface area contributed by atoms with Crippen molar-refractivity contribution in [3.63, 3.8) is 0 Å². The van der Waals surface area contributed by atoms with Gasteiger partial charge in [0.05, 0.1) is 18.1 Å². The SMILES string of the molecule is CCOc1ccccc1/C=C1\SC(=O)N(Cc2c(F)cccc2Cl)C1=O. The highest BCUT2D eigenvalue weighted by molar-refractivity contribution is 8.18. The van der Waals surface area contributed by atoms with Crippen LogP contribution in [0.1, 0.15) is 18.1 Å². The maximum absolute atomic E-state index is 14.0. The lowest BCUT2D eigenvalue weighted by Gasteiger charge is -2.14. The first-order valence-electron chi connectivity index (χ1n) is 7.91. The van der Waals surface area contributed by atoms with E-state index in [4.69, 9.17) is 16.3 Å². The first-order chi connectivity index (χ1) is 12.5. The van der Waals surface area contributed by atoms with E-state index >= 15 is 0 Å². The molecule has 2 amide bonds. The van der Waals surface area contributed by atoms with Crippen molar-refractivity contribution in [2.24, 2.45) is 0 Å². The predicted molar refractivity (Wildman–Crippen MR) is 101 cm³/mol. The molecule has 0 aromatic heterocycles. The average Bonchev–Trinajstić information content (AvgIpc) is 2.87. The lowest BCUT2D eigenvalue weighted by Crippen LogP contribution is -2.28. The molecule has 0 radical (unpaired) electrons. The molecular formula is C19H15ClFNO3S. The molecule has 3 rings (SSSR count). The van der Waals surface area contributed by atoms with Gasteiger partial charge in [0.15, 0.2) is 0 Å². The third kappa shape index (κ3) is 3.76. The van der Waals surface area contributed by atoms with Gasteiger partial charge in [-0.05, 0) is 43.0 Å². The van der Waals surface area contributed by atoms with Gasteiger partial charge in [-0.25, -0.2) is 4.39 Å². The van der Waals surface area contributed by atoms with E-state index < -0.39 is 17.0 Å². The van der Waals surface area contributed by atoms with Crippen molar-refractivity contribution in [2.75, 3.05) is 6.61 Å². The Morgan fingerprint density at radius 2 is 1.96 bits per heavy atom. The van der Waals surface area contributed by atoms with Gasteiger partial charge in [-0.3, -0.25) is 14.5 Å². The van der Waals surface area contributed by atoms with Crippen LogP contribution in [0.3, 0.4) is 0 Å². The van der Waals surface area contributed by atoms with Gasteiger partial charge in [0, 0.05) is 16.1 Å². The molecule has 1 aliphatic rings. The second kappa shape index (κ2) is 7.93. The Morgan fingerprint density at radius 1 is 1.19 bits per heavy atom. The third-order valence-corrected chi connectivity index (χ3v) is 5.02. The molecule has 1 heterocycles. The van der Waals surface area contributed by atoms with Crippen LogP contribution in [0.15, 0.2) is 47.4 Å². The molecule has 1 fully saturated rings. The Kier molecular flexibility index (Phi) is 5.64. The number of hydrogen-bond donors (Lipinski definition) is 0. The summed E-state index contributed by atoms with van der Waals surface area (Å²) in [6.45, 7) is 2.14. The monoisotopic (exact) mass is 391 g/mol. The number of para-hydroxylation sites is 1. The fourth-order valence-corrected chi connectivity index (χ4v) is 3.56. The summed E-state index contributed by atoms with van der Waals surface area (Å²) in [4.78, 5) is 26.1. The van der Waals surface area contributed by atoms with Gasteiger partial charge in [0.25, 0.3) is 11.1 Å². The molecule has 0 N–H and O–H groups in total. The van der Waals surface area contributed by atoms with Crippen LogP contribution in [0.4, 0.5) is 9.18 Å². The molecule has 0 atom stereocenters. The highest BCUT2D eigenvalue weighted by Crippen LogP contribution is 2.35. The zero-order valence-corrected chi connectivity index (χ0v) is 15.4. The zero-order valence-electron chi connectivity index (χ0n) is 13.9. The number of benzene rings is 2. The van der Waals surface area contributed by atoms with Crippen molar-refractivity contribution in [1.29, 1.82) is 0 Å². The molecule has 134 valence electrons. The van der Waals surface area contributed by atoms with Gasteiger partial charge >= 0.3 is 0 Å². The van der Waals surface area contributed by atoms with Crippen molar-refractivity contribution in [2.45, 2.75) is 13.5 Å². The van der Waals surface area contributed by atoms with Gasteiger partial charge in [0.1, 0.15) is 11.6 Å². The zero-order chi connectivity index (χ0) is 18.7. The Labute approximate surface area is 159 Å². The molecule has 0 unspecified atom stereocenters. The van der Waals surface area contributed by atoms with Gasteiger partial charge in [0.2, 0.25) is 0 Å². The number of nitrogens with zero attached hydrogens (tertiary/aromatic N) is 1. The van der Waals surface area contributed by atoms with Crippen LogP contribution in [-0.4, -0.2) is 22.7 Å². The van der Waals surface area contributed by atoms with Gasteiger partial charge in [-0.1, -0.05) is 35.9 Å². The number of imide groups is 1. The van der Waals surface area contributed by atoms with Gasteiger partial charge in [-0.15, -0.1) is 0 Å². The van der Waals surface area contributed by atoms with E-state index in [1.165, 1.54) is 18.2 Å². The minimum absolute atomic E-state index is 0.118. The largest absolute Gasteiger partial charge is 0.493 e.